The third-order valence-corrected chi connectivity index (χ3v) is 6.70. The summed E-state index contributed by atoms with van der Waals surface area (Å²) in [6, 6.07) is 3.40. The molecule has 0 heterocycles. The van der Waals surface area contributed by atoms with E-state index in [1.165, 1.54) is 0 Å². The molecule has 0 saturated carbocycles. The Morgan fingerprint density at radius 2 is 1.31 bits per heavy atom. The van der Waals surface area contributed by atoms with Crippen molar-refractivity contribution in [2.45, 2.75) is 65.3 Å². The second-order valence-corrected chi connectivity index (χ2v) is 9.18. The van der Waals surface area contributed by atoms with E-state index in [1.807, 2.05) is 20.8 Å². The Kier molecular flexibility index (Phi) is 5.18. The predicted molar refractivity (Wildman–Crippen MR) is 59.1 cm³/mol. The SMILES string of the molecule is CC[Si](CC)(CC)OOC(C)(C)C. The van der Waals surface area contributed by atoms with E-state index in [1.54, 1.807) is 0 Å². The number of hydrogen-bond donors (Lipinski definition) is 0. The number of rotatable bonds is 5. The minimum atomic E-state index is -1.55. The molecule has 0 rings (SSSR count). The molecule has 0 saturated heterocycles. The summed E-state index contributed by atoms with van der Waals surface area (Å²) >= 11 is 0. The topological polar surface area (TPSA) is 18.5 Å². The second-order valence-electron chi connectivity index (χ2n) is 4.52. The molecule has 13 heavy (non-hydrogen) atoms. The van der Waals surface area contributed by atoms with Gasteiger partial charge in [-0.15, -0.1) is 0 Å². The van der Waals surface area contributed by atoms with Gasteiger partial charge in [-0.05, 0) is 38.9 Å². The molecule has 0 fully saturated rings. The summed E-state index contributed by atoms with van der Waals surface area (Å²) in [5, 5.41) is 0. The predicted octanol–water partition coefficient (Wildman–Crippen LogP) is 3.74. The summed E-state index contributed by atoms with van der Waals surface area (Å²) < 4.78 is 5.68. The molecule has 0 radical (unpaired) electrons. The zero-order valence-electron chi connectivity index (χ0n) is 9.94. The Bertz CT molecular complexity index is 128. The van der Waals surface area contributed by atoms with Gasteiger partial charge in [0.25, 0.3) is 0 Å². The highest BCUT2D eigenvalue weighted by molar-refractivity contribution is 6.73. The molecule has 0 spiro atoms. The van der Waals surface area contributed by atoms with E-state index in [0.717, 1.165) is 18.1 Å². The average molecular weight is 204 g/mol. The molecule has 2 nitrogen and oxygen atoms in total. The van der Waals surface area contributed by atoms with Crippen LogP contribution in [-0.2, 0) is 9.46 Å². The summed E-state index contributed by atoms with van der Waals surface area (Å²) in [5.74, 6) is 0. The third kappa shape index (κ3) is 4.79. The van der Waals surface area contributed by atoms with Crippen LogP contribution in [0.2, 0.25) is 18.1 Å². The first-order valence-electron chi connectivity index (χ1n) is 5.26. The first-order valence-corrected chi connectivity index (χ1v) is 7.79. The van der Waals surface area contributed by atoms with Crippen LogP contribution < -0.4 is 0 Å². The van der Waals surface area contributed by atoms with Gasteiger partial charge in [-0.3, -0.25) is 4.58 Å². The minimum absolute atomic E-state index is 0.183. The molecule has 3 heteroatoms. The summed E-state index contributed by atoms with van der Waals surface area (Å²) in [7, 11) is -1.55. The second kappa shape index (κ2) is 5.13. The van der Waals surface area contributed by atoms with Gasteiger partial charge < -0.3 is 0 Å². The molecule has 80 valence electrons. The molecular formula is C10H24O2Si. The van der Waals surface area contributed by atoms with E-state index in [2.05, 4.69) is 20.8 Å². The fourth-order valence-electron chi connectivity index (χ4n) is 1.14. The van der Waals surface area contributed by atoms with E-state index in [9.17, 15) is 0 Å². The van der Waals surface area contributed by atoms with Crippen molar-refractivity contribution in [3.8, 4) is 0 Å². The highest BCUT2D eigenvalue weighted by Gasteiger charge is 2.32. The lowest BCUT2D eigenvalue weighted by molar-refractivity contribution is -0.286. The van der Waals surface area contributed by atoms with Crippen molar-refractivity contribution in [3.63, 3.8) is 0 Å². The highest BCUT2D eigenvalue weighted by Crippen LogP contribution is 2.24. The van der Waals surface area contributed by atoms with Crippen molar-refractivity contribution in [3.05, 3.63) is 0 Å². The Hall–Kier alpha value is 0.137. The van der Waals surface area contributed by atoms with Crippen molar-refractivity contribution < 1.29 is 9.46 Å². The fourth-order valence-corrected chi connectivity index (χ4v) is 3.42. The van der Waals surface area contributed by atoms with Gasteiger partial charge in [-0.1, -0.05) is 20.8 Å². The van der Waals surface area contributed by atoms with Crippen LogP contribution >= 0.6 is 0 Å². The Morgan fingerprint density at radius 3 is 1.54 bits per heavy atom. The first kappa shape index (κ1) is 13.1. The zero-order chi connectivity index (χ0) is 10.5. The summed E-state index contributed by atoms with van der Waals surface area (Å²) in [6.07, 6.45) is 0. The third-order valence-electron chi connectivity index (χ3n) is 2.40. The van der Waals surface area contributed by atoms with Crippen LogP contribution in [0.3, 0.4) is 0 Å². The van der Waals surface area contributed by atoms with Gasteiger partial charge in [-0.2, -0.15) is 0 Å². The van der Waals surface area contributed by atoms with Crippen LogP contribution in [-0.4, -0.2) is 13.9 Å². The molecule has 0 aromatic heterocycles. The maximum absolute atomic E-state index is 5.68. The van der Waals surface area contributed by atoms with Gasteiger partial charge in [0, 0.05) is 0 Å². The highest BCUT2D eigenvalue weighted by atomic mass is 28.4. The number of hydrogen-bond acceptors (Lipinski definition) is 2. The van der Waals surface area contributed by atoms with Crippen molar-refractivity contribution in [1.29, 1.82) is 0 Å². The molecule has 0 aliphatic rings. The van der Waals surface area contributed by atoms with Crippen LogP contribution in [0.25, 0.3) is 0 Å². The summed E-state index contributed by atoms with van der Waals surface area (Å²) in [4.78, 5) is 5.43. The minimum Gasteiger partial charge on any atom is -0.286 e. The molecule has 0 bridgehead atoms. The van der Waals surface area contributed by atoms with Crippen molar-refractivity contribution in [2.24, 2.45) is 0 Å². The molecule has 0 aromatic rings. The molecule has 0 N–H and O–H groups in total. The summed E-state index contributed by atoms with van der Waals surface area (Å²) in [6.45, 7) is 12.7. The Balaban J connectivity index is 4.11. The van der Waals surface area contributed by atoms with Crippen LogP contribution in [0.4, 0.5) is 0 Å². The van der Waals surface area contributed by atoms with Gasteiger partial charge in [0.05, 0.1) is 5.60 Å². The fraction of sp³-hybridized carbons (Fsp3) is 1.00. The maximum atomic E-state index is 5.68. The Morgan fingerprint density at radius 1 is 0.923 bits per heavy atom. The summed E-state index contributed by atoms with van der Waals surface area (Å²) in [5.41, 5.74) is -0.183. The molecule has 0 aromatic carbocycles. The molecule has 0 amide bonds. The van der Waals surface area contributed by atoms with Gasteiger partial charge in [0.2, 0.25) is 8.32 Å². The van der Waals surface area contributed by atoms with Crippen LogP contribution in [0.1, 0.15) is 41.5 Å². The quantitative estimate of drug-likeness (QED) is 0.386. The van der Waals surface area contributed by atoms with Crippen molar-refractivity contribution >= 4 is 8.32 Å². The van der Waals surface area contributed by atoms with E-state index >= 15 is 0 Å². The lowest BCUT2D eigenvalue weighted by Crippen LogP contribution is -2.38. The van der Waals surface area contributed by atoms with Crippen LogP contribution in [0.5, 0.6) is 0 Å². The normalized spacial score (nSPS) is 13.4. The van der Waals surface area contributed by atoms with E-state index < -0.39 is 8.32 Å². The van der Waals surface area contributed by atoms with Crippen LogP contribution in [0.15, 0.2) is 0 Å². The van der Waals surface area contributed by atoms with Crippen LogP contribution in [0, 0.1) is 0 Å². The van der Waals surface area contributed by atoms with Gasteiger partial charge >= 0.3 is 0 Å². The van der Waals surface area contributed by atoms with E-state index in [-0.39, 0.29) is 5.60 Å². The van der Waals surface area contributed by atoms with Gasteiger partial charge in [0.1, 0.15) is 0 Å². The molecule has 0 atom stereocenters. The molecule has 0 aliphatic carbocycles. The van der Waals surface area contributed by atoms with Crippen molar-refractivity contribution in [1.82, 2.24) is 0 Å². The van der Waals surface area contributed by atoms with Crippen molar-refractivity contribution in [2.75, 3.05) is 0 Å². The molecule has 0 unspecified atom stereocenters. The smallest absolute Gasteiger partial charge is 0.238 e. The van der Waals surface area contributed by atoms with Gasteiger partial charge in [-0.25, -0.2) is 4.89 Å². The standard InChI is InChI=1S/C10H24O2Si/c1-7-13(8-2,9-3)12-11-10(4,5)6/h7-9H2,1-6H3. The zero-order valence-corrected chi connectivity index (χ0v) is 10.9. The lowest BCUT2D eigenvalue weighted by atomic mass is 10.2. The lowest BCUT2D eigenvalue weighted by Gasteiger charge is -2.30. The monoisotopic (exact) mass is 204 g/mol. The van der Waals surface area contributed by atoms with E-state index in [0.29, 0.717) is 0 Å². The van der Waals surface area contributed by atoms with E-state index in [4.69, 9.17) is 9.46 Å². The molecule has 0 aliphatic heterocycles. The average Bonchev–Trinajstić information content (AvgIpc) is 2.06. The maximum Gasteiger partial charge on any atom is 0.238 e. The van der Waals surface area contributed by atoms with Gasteiger partial charge in [0.15, 0.2) is 0 Å². The largest absolute Gasteiger partial charge is 0.286 e. The Labute approximate surface area is 83.7 Å². The molecular weight excluding hydrogens is 180 g/mol. The first-order chi connectivity index (χ1) is 5.89.